The lowest BCUT2D eigenvalue weighted by Gasteiger charge is -2.36. The van der Waals surface area contributed by atoms with E-state index in [1.54, 1.807) is 30.3 Å². The first-order valence-corrected chi connectivity index (χ1v) is 11.7. The number of aryl methyl sites for hydroxylation is 1. The topological polar surface area (TPSA) is 96.0 Å². The van der Waals surface area contributed by atoms with Crippen molar-refractivity contribution in [2.24, 2.45) is 11.8 Å². The van der Waals surface area contributed by atoms with Crippen LogP contribution in [0.4, 0.5) is 11.4 Å². The number of carbonyl (C=O) groups is 4. The smallest absolute Gasteiger partial charge is 0.308 e. The molecule has 0 bridgehead atoms. The molecular formula is C25H22ClN3O5. The Kier molecular flexibility index (Phi) is 4.47. The molecule has 174 valence electrons. The van der Waals surface area contributed by atoms with Gasteiger partial charge in [-0.3, -0.25) is 24.1 Å². The van der Waals surface area contributed by atoms with Crippen molar-refractivity contribution in [2.45, 2.75) is 38.3 Å². The summed E-state index contributed by atoms with van der Waals surface area (Å²) in [5, 5.41) is 3.35. The van der Waals surface area contributed by atoms with Gasteiger partial charge < -0.3 is 10.1 Å². The van der Waals surface area contributed by atoms with Crippen LogP contribution in [0.3, 0.4) is 0 Å². The molecule has 3 saturated heterocycles. The molecule has 6 rings (SSSR count). The Hall–Kier alpha value is -3.23. The average molecular weight is 480 g/mol. The number of hydrogen-bond acceptors (Lipinski definition) is 6. The van der Waals surface area contributed by atoms with E-state index in [1.165, 1.54) is 11.8 Å². The zero-order valence-corrected chi connectivity index (χ0v) is 19.4. The van der Waals surface area contributed by atoms with Crippen molar-refractivity contribution in [1.29, 1.82) is 0 Å². The normalized spacial score (nSPS) is 29.4. The van der Waals surface area contributed by atoms with Gasteiger partial charge in [-0.2, -0.15) is 0 Å². The molecule has 0 aromatic heterocycles. The van der Waals surface area contributed by atoms with Crippen molar-refractivity contribution in [3.63, 3.8) is 0 Å². The van der Waals surface area contributed by atoms with E-state index in [1.807, 2.05) is 13.0 Å². The molecular weight excluding hydrogens is 458 g/mol. The van der Waals surface area contributed by atoms with Gasteiger partial charge in [0.1, 0.15) is 11.3 Å². The minimum atomic E-state index is -1.27. The molecule has 4 atom stereocenters. The molecule has 3 amide bonds. The van der Waals surface area contributed by atoms with E-state index in [0.29, 0.717) is 34.3 Å². The lowest BCUT2D eigenvalue weighted by Crippen LogP contribution is -2.54. The Morgan fingerprint density at radius 1 is 1.15 bits per heavy atom. The standard InChI is InChI=1S/C25H22ClN3O5/c1-12-10-16-21(17(26)11-12)27-24(33)25(16)20-19(18-4-3-9-28(18)25)22(31)29(23(20)32)14-5-7-15(8-6-14)34-13(2)30/h5-8,10-11,18-20H,3-4,9H2,1-2H3,(H,27,33)/t18-,19-,20-,25+/m1/s1. The SMILES string of the molecule is CC(=O)Oc1ccc(N2C(=O)[C@@H]3[C@H]4CCCN4[C@]4(C(=O)Nc5c(Cl)cc(C)cc54)[C@H]3C2=O)cc1. The van der Waals surface area contributed by atoms with Gasteiger partial charge in [-0.25, -0.2) is 4.90 Å². The Balaban J connectivity index is 1.48. The fraction of sp³-hybridized carbons (Fsp3) is 0.360. The molecule has 34 heavy (non-hydrogen) atoms. The lowest BCUT2D eigenvalue weighted by molar-refractivity contribution is -0.135. The first kappa shape index (κ1) is 21.3. The molecule has 4 heterocycles. The van der Waals surface area contributed by atoms with Crippen LogP contribution in [0.1, 0.15) is 30.9 Å². The molecule has 4 aliphatic rings. The maximum atomic E-state index is 14.0. The third-order valence-electron chi connectivity index (χ3n) is 7.55. The fourth-order valence-electron chi connectivity index (χ4n) is 6.48. The number of nitrogens with one attached hydrogen (secondary N) is 1. The number of esters is 1. The molecule has 0 unspecified atom stereocenters. The number of ether oxygens (including phenoxy) is 1. The van der Waals surface area contributed by atoms with Gasteiger partial charge in [0.25, 0.3) is 5.91 Å². The molecule has 0 radical (unpaired) electrons. The molecule has 1 N–H and O–H groups in total. The first-order chi connectivity index (χ1) is 16.2. The van der Waals surface area contributed by atoms with Crippen molar-refractivity contribution in [1.82, 2.24) is 4.90 Å². The van der Waals surface area contributed by atoms with Crippen LogP contribution < -0.4 is 15.0 Å². The number of carbonyl (C=O) groups excluding carboxylic acids is 4. The molecule has 0 saturated carbocycles. The third-order valence-corrected chi connectivity index (χ3v) is 7.85. The average Bonchev–Trinajstić information content (AvgIpc) is 3.48. The van der Waals surface area contributed by atoms with Crippen molar-refractivity contribution in [2.75, 3.05) is 16.8 Å². The molecule has 4 aliphatic heterocycles. The number of rotatable bonds is 2. The summed E-state index contributed by atoms with van der Waals surface area (Å²) in [4.78, 5) is 55.9. The van der Waals surface area contributed by atoms with Gasteiger partial charge in [0.15, 0.2) is 0 Å². The summed E-state index contributed by atoms with van der Waals surface area (Å²) < 4.78 is 5.07. The zero-order chi connectivity index (χ0) is 23.9. The minimum absolute atomic E-state index is 0.206. The molecule has 2 aromatic rings. The van der Waals surface area contributed by atoms with Crippen LogP contribution in [0.2, 0.25) is 5.02 Å². The zero-order valence-electron chi connectivity index (χ0n) is 18.6. The van der Waals surface area contributed by atoms with E-state index < -0.39 is 29.3 Å². The van der Waals surface area contributed by atoms with Gasteiger partial charge in [0.2, 0.25) is 11.8 Å². The summed E-state index contributed by atoms with van der Waals surface area (Å²) in [5.74, 6) is -2.62. The number of benzene rings is 2. The van der Waals surface area contributed by atoms with Crippen LogP contribution in [-0.4, -0.2) is 41.2 Å². The Labute approximate surface area is 200 Å². The fourth-order valence-corrected chi connectivity index (χ4v) is 6.80. The molecule has 8 nitrogen and oxygen atoms in total. The number of halogens is 1. The molecule has 2 aromatic carbocycles. The van der Waals surface area contributed by atoms with Gasteiger partial charge in [-0.05, 0) is 62.2 Å². The van der Waals surface area contributed by atoms with Crippen LogP contribution in [0.25, 0.3) is 0 Å². The number of amides is 3. The summed E-state index contributed by atoms with van der Waals surface area (Å²) in [7, 11) is 0. The lowest BCUT2D eigenvalue weighted by atomic mass is 9.75. The van der Waals surface area contributed by atoms with Gasteiger partial charge in [-0.1, -0.05) is 17.7 Å². The van der Waals surface area contributed by atoms with Crippen molar-refractivity contribution < 1.29 is 23.9 Å². The Morgan fingerprint density at radius 2 is 1.88 bits per heavy atom. The highest BCUT2D eigenvalue weighted by atomic mass is 35.5. The van der Waals surface area contributed by atoms with Crippen LogP contribution in [0.5, 0.6) is 5.75 Å². The Bertz CT molecular complexity index is 1290. The van der Waals surface area contributed by atoms with Crippen LogP contribution in [0.15, 0.2) is 36.4 Å². The molecule has 0 aliphatic carbocycles. The van der Waals surface area contributed by atoms with E-state index in [4.69, 9.17) is 16.3 Å². The maximum absolute atomic E-state index is 14.0. The van der Waals surface area contributed by atoms with Gasteiger partial charge in [0.05, 0.1) is 28.2 Å². The summed E-state index contributed by atoms with van der Waals surface area (Å²) in [5.41, 5.74) is 1.20. The molecule has 3 fully saturated rings. The van der Waals surface area contributed by atoms with Gasteiger partial charge >= 0.3 is 5.97 Å². The molecule has 9 heteroatoms. The number of hydrogen-bond donors (Lipinski definition) is 1. The monoisotopic (exact) mass is 479 g/mol. The highest BCUT2D eigenvalue weighted by molar-refractivity contribution is 6.35. The minimum Gasteiger partial charge on any atom is -0.427 e. The highest BCUT2D eigenvalue weighted by Gasteiger charge is 2.74. The second-order valence-corrected chi connectivity index (χ2v) is 9.80. The van der Waals surface area contributed by atoms with E-state index in [9.17, 15) is 19.2 Å². The number of nitrogens with zero attached hydrogens (tertiary/aromatic N) is 2. The van der Waals surface area contributed by atoms with Crippen molar-refractivity contribution in [3.05, 3.63) is 52.5 Å². The quantitative estimate of drug-likeness (QED) is 0.404. The number of fused-ring (bicyclic) bond motifs is 7. The summed E-state index contributed by atoms with van der Waals surface area (Å²) in [6.07, 6.45) is 1.58. The maximum Gasteiger partial charge on any atom is 0.308 e. The predicted octanol–water partition coefficient (Wildman–Crippen LogP) is 3.00. The van der Waals surface area contributed by atoms with Crippen molar-refractivity contribution >= 4 is 46.7 Å². The number of anilines is 2. The second-order valence-electron chi connectivity index (χ2n) is 9.40. The Morgan fingerprint density at radius 3 is 2.59 bits per heavy atom. The third kappa shape index (κ3) is 2.58. The van der Waals surface area contributed by atoms with Gasteiger partial charge in [-0.15, -0.1) is 0 Å². The van der Waals surface area contributed by atoms with E-state index >= 15 is 0 Å². The summed E-state index contributed by atoms with van der Waals surface area (Å²) in [6, 6.07) is 9.74. The highest BCUT2D eigenvalue weighted by Crippen LogP contribution is 2.61. The van der Waals surface area contributed by atoms with E-state index in [2.05, 4.69) is 10.2 Å². The van der Waals surface area contributed by atoms with Crippen molar-refractivity contribution in [3.8, 4) is 5.75 Å². The summed E-state index contributed by atoms with van der Waals surface area (Å²) >= 11 is 6.50. The van der Waals surface area contributed by atoms with Crippen LogP contribution >= 0.6 is 11.6 Å². The first-order valence-electron chi connectivity index (χ1n) is 11.3. The second kappa shape index (κ2) is 7.13. The van der Waals surface area contributed by atoms with Crippen LogP contribution in [0, 0.1) is 18.8 Å². The van der Waals surface area contributed by atoms with E-state index in [0.717, 1.165) is 18.4 Å². The largest absolute Gasteiger partial charge is 0.427 e. The van der Waals surface area contributed by atoms with Crippen LogP contribution in [-0.2, 0) is 24.7 Å². The molecule has 1 spiro atoms. The summed E-state index contributed by atoms with van der Waals surface area (Å²) in [6.45, 7) is 3.83. The predicted molar refractivity (Wildman–Crippen MR) is 123 cm³/mol. The van der Waals surface area contributed by atoms with Gasteiger partial charge in [0, 0.05) is 18.5 Å². The number of imide groups is 1. The van der Waals surface area contributed by atoms with E-state index in [-0.39, 0.29) is 17.9 Å².